The van der Waals surface area contributed by atoms with Crippen molar-refractivity contribution in [3.05, 3.63) is 0 Å². The molecule has 1 atom stereocenters. The molecule has 84 valence electrons. The molecule has 1 spiro atoms. The summed E-state index contributed by atoms with van der Waals surface area (Å²) in [5.41, 5.74) is -0.0485. The number of carbonyl (C=O) groups excluding carboxylic acids is 1. The molecule has 3 fully saturated rings. The lowest BCUT2D eigenvalue weighted by atomic mass is 9.78. The summed E-state index contributed by atoms with van der Waals surface area (Å²) in [7, 11) is 1.50. The van der Waals surface area contributed by atoms with Crippen LogP contribution in [0, 0.1) is 5.41 Å². The van der Waals surface area contributed by atoms with Gasteiger partial charge in [-0.3, -0.25) is 9.69 Å². The molecule has 3 rings (SSSR count). The number of esters is 1. The second-order valence-corrected chi connectivity index (χ2v) is 5.22. The molecule has 3 aliphatic heterocycles. The van der Waals surface area contributed by atoms with Gasteiger partial charge in [0.25, 0.3) is 0 Å². The Labute approximate surface area is 89.5 Å². The summed E-state index contributed by atoms with van der Waals surface area (Å²) in [5, 5.41) is 0. The lowest BCUT2D eigenvalue weighted by Crippen LogP contribution is -2.46. The van der Waals surface area contributed by atoms with Crippen LogP contribution in [0.2, 0.25) is 0 Å². The zero-order valence-electron chi connectivity index (χ0n) is 9.12. The summed E-state index contributed by atoms with van der Waals surface area (Å²) in [6.45, 7) is 3.70. The molecular formula is C11H17NO3. The molecule has 0 aliphatic carbocycles. The minimum Gasteiger partial charge on any atom is -0.468 e. The third kappa shape index (κ3) is 1.12. The van der Waals surface area contributed by atoms with E-state index in [2.05, 4.69) is 4.90 Å². The summed E-state index contributed by atoms with van der Waals surface area (Å²) in [6.07, 6.45) is 3.01. The average molecular weight is 211 g/mol. The minimum atomic E-state index is -0.307. The minimum absolute atomic E-state index is 0.0382. The maximum Gasteiger partial charge on any atom is 0.326 e. The quantitative estimate of drug-likeness (QED) is 0.589. The van der Waals surface area contributed by atoms with Crippen molar-refractivity contribution in [1.29, 1.82) is 0 Å². The Morgan fingerprint density at radius 1 is 1.47 bits per heavy atom. The van der Waals surface area contributed by atoms with Crippen molar-refractivity contribution >= 4 is 5.97 Å². The van der Waals surface area contributed by atoms with Gasteiger partial charge in [-0.25, -0.2) is 0 Å². The number of carbonyl (C=O) groups is 1. The Hall–Kier alpha value is -0.610. The summed E-state index contributed by atoms with van der Waals surface area (Å²) in [6, 6.07) is 0. The fraction of sp³-hybridized carbons (Fsp3) is 0.909. The van der Waals surface area contributed by atoms with Gasteiger partial charge in [-0.05, 0) is 25.8 Å². The first-order valence-electron chi connectivity index (χ1n) is 5.62. The molecular weight excluding hydrogens is 194 g/mol. The Balaban J connectivity index is 1.89. The summed E-state index contributed by atoms with van der Waals surface area (Å²) in [4.78, 5) is 14.3. The van der Waals surface area contributed by atoms with E-state index in [1.807, 2.05) is 0 Å². The van der Waals surface area contributed by atoms with Crippen molar-refractivity contribution in [1.82, 2.24) is 4.90 Å². The molecule has 0 aromatic heterocycles. The van der Waals surface area contributed by atoms with E-state index >= 15 is 0 Å². The number of hydrogen-bond donors (Lipinski definition) is 0. The Kier molecular flexibility index (Phi) is 1.89. The number of methoxy groups -OCH3 is 1. The predicted molar refractivity (Wildman–Crippen MR) is 53.4 cm³/mol. The maximum absolute atomic E-state index is 11.9. The molecule has 0 N–H and O–H groups in total. The lowest BCUT2D eigenvalue weighted by molar-refractivity contribution is -0.153. The Bertz CT molecular complexity index is 300. The summed E-state index contributed by atoms with van der Waals surface area (Å²) >= 11 is 0. The van der Waals surface area contributed by atoms with Crippen molar-refractivity contribution in [3.63, 3.8) is 0 Å². The van der Waals surface area contributed by atoms with E-state index in [1.54, 1.807) is 0 Å². The van der Waals surface area contributed by atoms with Gasteiger partial charge in [-0.2, -0.15) is 0 Å². The summed E-state index contributed by atoms with van der Waals surface area (Å²) < 4.78 is 10.3. The van der Waals surface area contributed by atoms with Crippen LogP contribution >= 0.6 is 0 Å². The molecule has 0 amide bonds. The molecule has 4 nitrogen and oxygen atoms in total. The van der Waals surface area contributed by atoms with E-state index in [4.69, 9.17) is 9.47 Å². The van der Waals surface area contributed by atoms with Gasteiger partial charge < -0.3 is 9.47 Å². The van der Waals surface area contributed by atoms with Gasteiger partial charge in [-0.15, -0.1) is 0 Å². The van der Waals surface area contributed by atoms with Crippen LogP contribution in [0.3, 0.4) is 0 Å². The topological polar surface area (TPSA) is 38.8 Å². The van der Waals surface area contributed by atoms with E-state index in [-0.39, 0.29) is 16.9 Å². The van der Waals surface area contributed by atoms with Crippen molar-refractivity contribution in [2.75, 3.05) is 33.4 Å². The molecule has 3 aliphatic rings. The second-order valence-electron chi connectivity index (χ2n) is 5.22. The van der Waals surface area contributed by atoms with Crippen LogP contribution in [0.1, 0.15) is 19.3 Å². The zero-order chi connectivity index (χ0) is 10.5. The van der Waals surface area contributed by atoms with Crippen LogP contribution in [0.25, 0.3) is 0 Å². The predicted octanol–water partition coefficient (Wildman–Crippen LogP) is 0.414. The van der Waals surface area contributed by atoms with E-state index < -0.39 is 0 Å². The van der Waals surface area contributed by atoms with Crippen molar-refractivity contribution < 1.29 is 14.3 Å². The fourth-order valence-corrected chi connectivity index (χ4v) is 3.52. The molecule has 0 radical (unpaired) electrons. The van der Waals surface area contributed by atoms with E-state index in [0.29, 0.717) is 0 Å². The fourth-order valence-electron chi connectivity index (χ4n) is 3.52. The highest BCUT2D eigenvalue weighted by molar-refractivity contribution is 5.82. The van der Waals surface area contributed by atoms with E-state index in [1.165, 1.54) is 7.11 Å². The van der Waals surface area contributed by atoms with Gasteiger partial charge in [0.05, 0.1) is 20.3 Å². The summed E-state index contributed by atoms with van der Waals surface area (Å²) in [5.74, 6) is -0.0382. The van der Waals surface area contributed by atoms with Crippen LogP contribution in [0.4, 0.5) is 0 Å². The molecule has 3 saturated heterocycles. The largest absolute Gasteiger partial charge is 0.468 e. The maximum atomic E-state index is 11.9. The van der Waals surface area contributed by atoms with Crippen LogP contribution in [0.15, 0.2) is 0 Å². The number of rotatable bonds is 1. The van der Waals surface area contributed by atoms with Gasteiger partial charge in [0.2, 0.25) is 0 Å². The number of ether oxygens (including phenoxy) is 2. The molecule has 15 heavy (non-hydrogen) atoms. The van der Waals surface area contributed by atoms with Crippen molar-refractivity contribution in [2.24, 2.45) is 5.41 Å². The van der Waals surface area contributed by atoms with Crippen molar-refractivity contribution in [2.45, 2.75) is 24.8 Å². The van der Waals surface area contributed by atoms with E-state index in [9.17, 15) is 4.79 Å². The molecule has 0 aromatic rings. The van der Waals surface area contributed by atoms with Gasteiger partial charge in [-0.1, -0.05) is 0 Å². The molecule has 4 heteroatoms. The van der Waals surface area contributed by atoms with Gasteiger partial charge in [0.1, 0.15) is 5.54 Å². The third-order valence-electron chi connectivity index (χ3n) is 4.20. The Morgan fingerprint density at radius 3 is 2.87 bits per heavy atom. The van der Waals surface area contributed by atoms with Gasteiger partial charge in [0.15, 0.2) is 0 Å². The van der Waals surface area contributed by atoms with Crippen LogP contribution in [-0.4, -0.2) is 49.8 Å². The first-order chi connectivity index (χ1) is 7.21. The highest BCUT2D eigenvalue weighted by Crippen LogP contribution is 2.51. The zero-order valence-corrected chi connectivity index (χ0v) is 9.12. The highest BCUT2D eigenvalue weighted by atomic mass is 16.5. The first-order valence-corrected chi connectivity index (χ1v) is 5.62. The normalized spacial score (nSPS) is 37.7. The Morgan fingerprint density at radius 2 is 2.27 bits per heavy atom. The molecule has 0 saturated carbocycles. The highest BCUT2D eigenvalue weighted by Gasteiger charge is 2.62. The van der Waals surface area contributed by atoms with Crippen LogP contribution < -0.4 is 0 Å². The average Bonchev–Trinajstić information content (AvgIpc) is 2.69. The molecule has 1 unspecified atom stereocenters. The van der Waals surface area contributed by atoms with Gasteiger partial charge in [0, 0.05) is 12.0 Å². The molecule has 3 heterocycles. The van der Waals surface area contributed by atoms with Crippen LogP contribution in [-0.2, 0) is 14.3 Å². The first kappa shape index (κ1) is 9.60. The van der Waals surface area contributed by atoms with E-state index in [0.717, 1.165) is 45.6 Å². The standard InChI is InChI=1S/C11H17NO3/c1-14-9(13)11-3-2-4-12(11)6-10(5-11)7-15-8-10/h2-8H2,1H3. The number of hydrogen-bond acceptors (Lipinski definition) is 4. The SMILES string of the molecule is COC(=O)C12CCCN1CC1(COC1)C2. The number of nitrogens with zero attached hydrogens (tertiary/aromatic N) is 1. The molecule has 0 aromatic carbocycles. The smallest absolute Gasteiger partial charge is 0.326 e. The third-order valence-corrected chi connectivity index (χ3v) is 4.20. The van der Waals surface area contributed by atoms with Crippen molar-refractivity contribution in [3.8, 4) is 0 Å². The number of fused-ring (bicyclic) bond motifs is 1. The van der Waals surface area contributed by atoms with Crippen LogP contribution in [0.5, 0.6) is 0 Å². The second kappa shape index (κ2) is 2.95. The monoisotopic (exact) mass is 211 g/mol. The lowest BCUT2D eigenvalue weighted by Gasteiger charge is -2.38. The molecule has 0 bridgehead atoms. The van der Waals surface area contributed by atoms with Gasteiger partial charge >= 0.3 is 5.97 Å².